The summed E-state index contributed by atoms with van der Waals surface area (Å²) < 4.78 is 0. The molecule has 1 saturated heterocycles. The standard InChI is InChI=1S/C25H27ClN6O2/c1-30-21-5-3-2-4-16(21)6-9-19(24(30)33)29-25(34)32-12-10-31(11-13-32)22-15-23(27)28-20-14-17(26)7-8-18(20)22/h2-5,7-8,14-15,19H,6,9-13H2,1H3,(H2,27,28)(H,29,34). The number of fused-ring (bicyclic) bond motifs is 2. The van der Waals surface area contributed by atoms with Gasteiger partial charge in [-0.05, 0) is 42.7 Å². The molecule has 34 heavy (non-hydrogen) atoms. The maximum Gasteiger partial charge on any atom is 0.318 e. The summed E-state index contributed by atoms with van der Waals surface area (Å²) in [4.78, 5) is 36.1. The molecule has 1 aromatic heterocycles. The molecule has 0 aliphatic carbocycles. The molecular formula is C25H27ClN6O2. The normalized spacial score (nSPS) is 18.6. The summed E-state index contributed by atoms with van der Waals surface area (Å²) in [6.07, 6.45) is 1.32. The molecule has 0 bridgehead atoms. The largest absolute Gasteiger partial charge is 0.384 e. The lowest BCUT2D eigenvalue weighted by Crippen LogP contribution is -2.56. The Labute approximate surface area is 203 Å². The number of nitrogens with zero attached hydrogens (tertiary/aromatic N) is 4. The number of hydrogen-bond acceptors (Lipinski definition) is 5. The van der Waals surface area contributed by atoms with Crippen LogP contribution < -0.4 is 20.9 Å². The number of pyridine rings is 1. The zero-order chi connectivity index (χ0) is 23.8. The Balaban J connectivity index is 1.25. The van der Waals surface area contributed by atoms with Crippen LogP contribution in [-0.2, 0) is 11.2 Å². The first-order valence-electron chi connectivity index (χ1n) is 11.4. The van der Waals surface area contributed by atoms with Crippen molar-refractivity contribution in [2.24, 2.45) is 0 Å². The average Bonchev–Trinajstić information content (AvgIpc) is 2.95. The highest BCUT2D eigenvalue weighted by Gasteiger charge is 2.31. The molecule has 1 fully saturated rings. The average molecular weight is 479 g/mol. The summed E-state index contributed by atoms with van der Waals surface area (Å²) in [6.45, 7) is 2.39. The Morgan fingerprint density at radius 1 is 1.09 bits per heavy atom. The molecule has 5 rings (SSSR count). The van der Waals surface area contributed by atoms with E-state index in [-0.39, 0.29) is 11.9 Å². The van der Waals surface area contributed by atoms with Crippen LogP contribution in [-0.4, -0.2) is 61.1 Å². The van der Waals surface area contributed by atoms with Crippen molar-refractivity contribution < 1.29 is 9.59 Å². The van der Waals surface area contributed by atoms with Crippen LogP contribution in [0.25, 0.3) is 10.9 Å². The molecule has 2 aliphatic rings. The fraction of sp³-hybridized carbons (Fsp3) is 0.320. The van der Waals surface area contributed by atoms with Gasteiger partial charge in [-0.1, -0.05) is 29.8 Å². The van der Waals surface area contributed by atoms with Crippen LogP contribution in [0.2, 0.25) is 5.02 Å². The molecule has 8 nitrogen and oxygen atoms in total. The molecule has 9 heteroatoms. The lowest BCUT2D eigenvalue weighted by atomic mass is 10.1. The minimum absolute atomic E-state index is 0.0886. The van der Waals surface area contributed by atoms with E-state index in [9.17, 15) is 9.59 Å². The highest BCUT2D eigenvalue weighted by molar-refractivity contribution is 6.31. The van der Waals surface area contributed by atoms with Gasteiger partial charge in [0.1, 0.15) is 11.9 Å². The summed E-state index contributed by atoms with van der Waals surface area (Å²) in [5.74, 6) is 0.344. The molecule has 3 N–H and O–H groups in total. The Morgan fingerprint density at radius 3 is 2.65 bits per heavy atom. The third kappa shape index (κ3) is 4.21. The van der Waals surface area contributed by atoms with Gasteiger partial charge < -0.3 is 25.8 Å². The van der Waals surface area contributed by atoms with Crippen molar-refractivity contribution in [1.29, 1.82) is 0 Å². The second-order valence-electron chi connectivity index (χ2n) is 8.77. The zero-order valence-corrected chi connectivity index (χ0v) is 19.8. The van der Waals surface area contributed by atoms with Crippen LogP contribution in [0.5, 0.6) is 0 Å². The number of nitrogens with one attached hydrogen (secondary N) is 1. The van der Waals surface area contributed by atoms with Crippen LogP contribution in [0.3, 0.4) is 0 Å². The number of rotatable bonds is 2. The zero-order valence-electron chi connectivity index (χ0n) is 19.0. The molecule has 1 unspecified atom stereocenters. The van der Waals surface area contributed by atoms with E-state index in [0.29, 0.717) is 43.4 Å². The first-order valence-corrected chi connectivity index (χ1v) is 11.8. The quantitative estimate of drug-likeness (QED) is 0.589. The number of nitrogen functional groups attached to an aromatic ring is 1. The Morgan fingerprint density at radius 2 is 1.85 bits per heavy atom. The number of urea groups is 1. The molecule has 2 aliphatic heterocycles. The van der Waals surface area contributed by atoms with Gasteiger partial charge in [0.25, 0.3) is 0 Å². The smallest absolute Gasteiger partial charge is 0.318 e. The molecule has 1 atom stereocenters. The van der Waals surface area contributed by atoms with E-state index in [1.807, 2.05) is 42.5 Å². The van der Waals surface area contributed by atoms with Crippen LogP contribution >= 0.6 is 11.6 Å². The molecule has 0 spiro atoms. The maximum absolute atomic E-state index is 13.0. The van der Waals surface area contributed by atoms with E-state index in [4.69, 9.17) is 17.3 Å². The van der Waals surface area contributed by atoms with Gasteiger partial charge in [0.15, 0.2) is 0 Å². The number of benzene rings is 2. The van der Waals surface area contributed by atoms with Gasteiger partial charge in [-0.25, -0.2) is 9.78 Å². The number of likely N-dealkylation sites (N-methyl/N-ethyl adjacent to an activating group) is 1. The summed E-state index contributed by atoms with van der Waals surface area (Å²) >= 11 is 6.13. The van der Waals surface area contributed by atoms with Gasteiger partial charge in [-0.3, -0.25) is 4.79 Å². The van der Waals surface area contributed by atoms with Gasteiger partial charge in [0.05, 0.1) is 5.52 Å². The molecule has 2 aromatic carbocycles. The third-order valence-corrected chi connectivity index (χ3v) is 6.89. The number of aryl methyl sites for hydroxylation is 1. The number of carbonyl (C=O) groups is 2. The fourth-order valence-corrected chi connectivity index (χ4v) is 4.98. The minimum atomic E-state index is -0.545. The van der Waals surface area contributed by atoms with Crippen molar-refractivity contribution in [2.75, 3.05) is 48.8 Å². The van der Waals surface area contributed by atoms with Gasteiger partial charge >= 0.3 is 6.03 Å². The van der Waals surface area contributed by atoms with Crippen LogP contribution in [0, 0.1) is 0 Å². The van der Waals surface area contributed by atoms with Crippen molar-refractivity contribution in [3.05, 3.63) is 59.1 Å². The summed E-state index contributed by atoms with van der Waals surface area (Å²) in [5, 5.41) is 4.56. The topological polar surface area (TPSA) is 94.8 Å². The monoisotopic (exact) mass is 478 g/mol. The van der Waals surface area contributed by atoms with E-state index in [2.05, 4.69) is 15.2 Å². The van der Waals surface area contributed by atoms with Crippen molar-refractivity contribution in [3.63, 3.8) is 0 Å². The van der Waals surface area contributed by atoms with Gasteiger partial charge in [-0.2, -0.15) is 0 Å². The molecule has 3 aromatic rings. The Bertz CT molecular complexity index is 1250. The van der Waals surface area contributed by atoms with Gasteiger partial charge in [0.2, 0.25) is 5.91 Å². The number of amides is 3. The van der Waals surface area contributed by atoms with E-state index in [1.54, 1.807) is 22.9 Å². The first-order chi connectivity index (χ1) is 16.4. The SMILES string of the molecule is CN1C(=O)C(NC(=O)N2CCN(c3cc(N)nc4cc(Cl)ccc34)CC2)CCc2ccccc21. The van der Waals surface area contributed by atoms with E-state index in [1.165, 1.54) is 0 Å². The molecule has 3 amide bonds. The fourth-order valence-electron chi connectivity index (χ4n) is 4.81. The molecule has 0 saturated carbocycles. The predicted molar refractivity (Wildman–Crippen MR) is 135 cm³/mol. The molecule has 0 radical (unpaired) electrons. The second-order valence-corrected chi connectivity index (χ2v) is 9.20. The highest BCUT2D eigenvalue weighted by Crippen LogP contribution is 2.30. The van der Waals surface area contributed by atoms with Gasteiger partial charge in [0, 0.05) is 61.1 Å². The summed E-state index contributed by atoms with van der Waals surface area (Å²) in [6, 6.07) is 14.6. The number of halogens is 1. The number of para-hydroxylation sites is 1. The van der Waals surface area contributed by atoms with E-state index in [0.717, 1.165) is 34.3 Å². The lowest BCUT2D eigenvalue weighted by molar-refractivity contribution is -0.120. The number of aromatic nitrogens is 1. The number of nitrogens with two attached hydrogens (primary N) is 1. The van der Waals surface area contributed by atoms with Crippen LogP contribution in [0.1, 0.15) is 12.0 Å². The second kappa shape index (κ2) is 9.02. The number of piperazine rings is 1. The van der Waals surface area contributed by atoms with Crippen molar-refractivity contribution >= 4 is 51.6 Å². The number of hydrogen-bond donors (Lipinski definition) is 2. The lowest BCUT2D eigenvalue weighted by Gasteiger charge is -2.37. The van der Waals surface area contributed by atoms with Crippen molar-refractivity contribution in [1.82, 2.24) is 15.2 Å². The molecule has 3 heterocycles. The summed E-state index contributed by atoms with van der Waals surface area (Å²) in [5.41, 5.74) is 9.80. The highest BCUT2D eigenvalue weighted by atomic mass is 35.5. The first kappa shape index (κ1) is 22.3. The Hall–Kier alpha value is -3.52. The number of carbonyl (C=O) groups excluding carboxylic acids is 2. The van der Waals surface area contributed by atoms with Crippen LogP contribution in [0.15, 0.2) is 48.5 Å². The summed E-state index contributed by atoms with van der Waals surface area (Å²) in [7, 11) is 1.77. The maximum atomic E-state index is 13.0. The predicted octanol–water partition coefficient (Wildman–Crippen LogP) is 3.28. The van der Waals surface area contributed by atoms with Gasteiger partial charge in [-0.15, -0.1) is 0 Å². The van der Waals surface area contributed by atoms with Crippen LogP contribution in [0.4, 0.5) is 22.0 Å². The van der Waals surface area contributed by atoms with Crippen molar-refractivity contribution in [2.45, 2.75) is 18.9 Å². The molecular weight excluding hydrogens is 452 g/mol. The number of anilines is 3. The minimum Gasteiger partial charge on any atom is -0.384 e. The third-order valence-electron chi connectivity index (χ3n) is 6.66. The molecule has 176 valence electrons. The Kier molecular flexibility index (Phi) is 5.91. The van der Waals surface area contributed by atoms with Crippen molar-refractivity contribution in [3.8, 4) is 0 Å². The van der Waals surface area contributed by atoms with E-state index < -0.39 is 6.04 Å². The van der Waals surface area contributed by atoms with E-state index >= 15 is 0 Å².